The lowest BCUT2D eigenvalue weighted by Gasteiger charge is -2.08. The van der Waals surface area contributed by atoms with E-state index in [1.807, 2.05) is 24.3 Å². The number of rotatable bonds is 4. The van der Waals surface area contributed by atoms with E-state index in [1.54, 1.807) is 18.2 Å². The van der Waals surface area contributed by atoms with Gasteiger partial charge in [0.25, 0.3) is 5.91 Å². The zero-order chi connectivity index (χ0) is 14.5. The van der Waals surface area contributed by atoms with E-state index in [0.29, 0.717) is 15.5 Å². The first-order valence-electron chi connectivity index (χ1n) is 6.49. The van der Waals surface area contributed by atoms with Crippen LogP contribution in [0.4, 0.5) is 5.69 Å². The highest BCUT2D eigenvalue weighted by atomic mass is 35.5. The van der Waals surface area contributed by atoms with Crippen LogP contribution in [-0.4, -0.2) is 5.91 Å². The maximum absolute atomic E-state index is 12.2. The molecule has 4 heteroatoms. The summed E-state index contributed by atoms with van der Waals surface area (Å²) in [4.78, 5) is 12.9. The van der Waals surface area contributed by atoms with Crippen LogP contribution in [0.5, 0.6) is 0 Å². The molecule has 20 heavy (non-hydrogen) atoms. The summed E-state index contributed by atoms with van der Waals surface area (Å²) in [6.45, 7) is 2.14. The fourth-order valence-corrected chi connectivity index (χ4v) is 2.34. The van der Waals surface area contributed by atoms with Crippen molar-refractivity contribution in [2.75, 3.05) is 5.32 Å². The number of carbonyl (C=O) groups is 1. The second-order valence-corrected chi connectivity index (χ2v) is 5.49. The van der Waals surface area contributed by atoms with Gasteiger partial charge in [0.1, 0.15) is 0 Å². The molecule has 0 bridgehead atoms. The average molecular weight is 306 g/mol. The third kappa shape index (κ3) is 3.78. The van der Waals surface area contributed by atoms with E-state index in [4.69, 9.17) is 11.6 Å². The number of amides is 1. The van der Waals surface area contributed by atoms with Crippen molar-refractivity contribution in [1.29, 1.82) is 0 Å². The molecule has 0 unspecified atom stereocenters. The largest absolute Gasteiger partial charge is 0.322 e. The predicted octanol–water partition coefficient (Wildman–Crippen LogP) is 4.83. The van der Waals surface area contributed by atoms with Crippen molar-refractivity contribution in [2.45, 2.75) is 24.7 Å². The Morgan fingerprint density at radius 1 is 1.20 bits per heavy atom. The first kappa shape index (κ1) is 14.9. The van der Waals surface area contributed by atoms with Gasteiger partial charge in [-0.3, -0.25) is 4.79 Å². The molecule has 0 heterocycles. The monoisotopic (exact) mass is 305 g/mol. The van der Waals surface area contributed by atoms with Gasteiger partial charge in [-0.1, -0.05) is 37.1 Å². The molecule has 104 valence electrons. The van der Waals surface area contributed by atoms with Gasteiger partial charge in [-0.25, -0.2) is 0 Å². The molecule has 0 aliphatic carbocycles. The molecule has 1 N–H and O–H groups in total. The van der Waals surface area contributed by atoms with Crippen molar-refractivity contribution in [3.63, 3.8) is 0 Å². The fourth-order valence-electron chi connectivity index (χ4n) is 1.93. The molecule has 2 nitrogen and oxygen atoms in total. The van der Waals surface area contributed by atoms with Crippen LogP contribution in [0.15, 0.2) is 47.4 Å². The van der Waals surface area contributed by atoms with Gasteiger partial charge < -0.3 is 5.32 Å². The van der Waals surface area contributed by atoms with Crippen LogP contribution in [0.3, 0.4) is 0 Å². The van der Waals surface area contributed by atoms with Crippen LogP contribution < -0.4 is 5.32 Å². The zero-order valence-electron chi connectivity index (χ0n) is 11.2. The van der Waals surface area contributed by atoms with E-state index >= 15 is 0 Å². The summed E-state index contributed by atoms with van der Waals surface area (Å²) in [6, 6.07) is 12.9. The lowest BCUT2D eigenvalue weighted by molar-refractivity contribution is 0.102. The number of thiol groups is 1. The molecule has 0 aliphatic heterocycles. The third-order valence-corrected chi connectivity index (χ3v) is 3.55. The quantitative estimate of drug-likeness (QED) is 0.778. The number of anilines is 1. The smallest absolute Gasteiger partial charge is 0.257 e. The van der Waals surface area contributed by atoms with E-state index in [2.05, 4.69) is 24.9 Å². The summed E-state index contributed by atoms with van der Waals surface area (Å²) in [5.41, 5.74) is 2.45. The molecule has 0 fully saturated rings. The van der Waals surface area contributed by atoms with E-state index in [9.17, 15) is 4.79 Å². The topological polar surface area (TPSA) is 29.1 Å². The molecular formula is C16H16ClNOS. The standard InChI is InChI=1S/C16H16ClNOS/c1-2-3-11-4-6-12(7-5-11)18-16(19)14-10-13(20)8-9-15(14)17/h4-10,20H,2-3H2,1H3,(H,18,19). The van der Waals surface area contributed by atoms with Gasteiger partial charge in [-0.05, 0) is 42.3 Å². The van der Waals surface area contributed by atoms with Gasteiger partial charge >= 0.3 is 0 Å². The normalized spacial score (nSPS) is 10.3. The maximum atomic E-state index is 12.2. The van der Waals surface area contributed by atoms with Crippen LogP contribution in [0.25, 0.3) is 0 Å². The molecule has 0 saturated heterocycles. The van der Waals surface area contributed by atoms with Gasteiger partial charge in [-0.2, -0.15) is 0 Å². The summed E-state index contributed by atoms with van der Waals surface area (Å²) in [5, 5.41) is 3.26. The number of carbonyl (C=O) groups excluding carboxylic acids is 1. The number of hydrogen-bond donors (Lipinski definition) is 2. The molecule has 0 saturated carbocycles. The van der Waals surface area contributed by atoms with E-state index in [0.717, 1.165) is 18.5 Å². The third-order valence-electron chi connectivity index (χ3n) is 2.95. The summed E-state index contributed by atoms with van der Waals surface area (Å²) >= 11 is 10.2. The molecule has 0 aliphatic rings. The Hall–Kier alpha value is -1.45. The minimum Gasteiger partial charge on any atom is -0.322 e. The Balaban J connectivity index is 2.13. The van der Waals surface area contributed by atoms with Crippen molar-refractivity contribution >= 4 is 35.8 Å². The highest BCUT2D eigenvalue weighted by Gasteiger charge is 2.10. The molecule has 2 aromatic rings. The average Bonchev–Trinajstić information content (AvgIpc) is 2.44. The highest BCUT2D eigenvalue weighted by molar-refractivity contribution is 7.80. The lowest BCUT2D eigenvalue weighted by atomic mass is 10.1. The van der Waals surface area contributed by atoms with Crippen molar-refractivity contribution in [2.24, 2.45) is 0 Å². The van der Waals surface area contributed by atoms with Gasteiger partial charge in [0.15, 0.2) is 0 Å². The van der Waals surface area contributed by atoms with Crippen LogP contribution in [-0.2, 0) is 6.42 Å². The molecule has 0 aromatic heterocycles. The summed E-state index contributed by atoms with van der Waals surface area (Å²) in [7, 11) is 0. The van der Waals surface area contributed by atoms with Gasteiger partial charge in [0.2, 0.25) is 0 Å². The van der Waals surface area contributed by atoms with Gasteiger partial charge in [0, 0.05) is 10.6 Å². The van der Waals surface area contributed by atoms with Gasteiger partial charge in [-0.15, -0.1) is 12.6 Å². The Labute approximate surface area is 129 Å². The first-order valence-corrected chi connectivity index (χ1v) is 7.31. The number of nitrogens with one attached hydrogen (secondary N) is 1. The Kier molecular flexibility index (Phi) is 5.10. The first-order chi connectivity index (χ1) is 9.60. The number of halogens is 1. The van der Waals surface area contributed by atoms with Crippen molar-refractivity contribution in [3.8, 4) is 0 Å². The van der Waals surface area contributed by atoms with Crippen LogP contribution in [0.2, 0.25) is 5.02 Å². The van der Waals surface area contributed by atoms with E-state index in [-0.39, 0.29) is 5.91 Å². The Bertz CT molecular complexity index is 610. The van der Waals surface area contributed by atoms with Crippen molar-refractivity contribution in [1.82, 2.24) is 0 Å². The predicted molar refractivity (Wildman–Crippen MR) is 87.1 cm³/mol. The van der Waals surface area contributed by atoms with Crippen LogP contribution >= 0.6 is 24.2 Å². The minimum atomic E-state index is -0.228. The van der Waals surface area contributed by atoms with E-state index in [1.165, 1.54) is 5.56 Å². The summed E-state index contributed by atoms with van der Waals surface area (Å²) in [6.07, 6.45) is 2.15. The Morgan fingerprint density at radius 2 is 1.90 bits per heavy atom. The SMILES string of the molecule is CCCc1ccc(NC(=O)c2cc(S)ccc2Cl)cc1. The number of hydrogen-bond acceptors (Lipinski definition) is 2. The molecule has 0 spiro atoms. The minimum absolute atomic E-state index is 0.228. The highest BCUT2D eigenvalue weighted by Crippen LogP contribution is 2.21. The second-order valence-electron chi connectivity index (χ2n) is 4.57. The van der Waals surface area contributed by atoms with Gasteiger partial charge in [0.05, 0.1) is 10.6 Å². The number of aryl methyl sites for hydroxylation is 1. The second kappa shape index (κ2) is 6.82. The molecule has 0 atom stereocenters. The van der Waals surface area contributed by atoms with E-state index < -0.39 is 0 Å². The van der Waals surface area contributed by atoms with Crippen molar-refractivity contribution in [3.05, 3.63) is 58.6 Å². The number of benzene rings is 2. The van der Waals surface area contributed by atoms with Crippen LogP contribution in [0.1, 0.15) is 29.3 Å². The molecule has 2 aromatic carbocycles. The lowest BCUT2D eigenvalue weighted by Crippen LogP contribution is -2.12. The fraction of sp³-hybridized carbons (Fsp3) is 0.188. The summed E-state index contributed by atoms with van der Waals surface area (Å²) < 4.78 is 0. The van der Waals surface area contributed by atoms with Crippen LogP contribution in [0, 0.1) is 0 Å². The summed E-state index contributed by atoms with van der Waals surface area (Å²) in [5.74, 6) is -0.228. The van der Waals surface area contributed by atoms with Crippen molar-refractivity contribution < 1.29 is 4.79 Å². The Morgan fingerprint density at radius 3 is 2.55 bits per heavy atom. The molecule has 2 rings (SSSR count). The molecule has 1 amide bonds. The molecule has 0 radical (unpaired) electrons. The maximum Gasteiger partial charge on any atom is 0.257 e. The zero-order valence-corrected chi connectivity index (χ0v) is 12.8. The molecular weight excluding hydrogens is 290 g/mol.